The number of hydrogen-bond acceptors (Lipinski definition) is 10. The number of imide groups is 1. The van der Waals surface area contributed by atoms with E-state index < -0.39 is 72.3 Å². The second-order valence-electron chi connectivity index (χ2n) is 6.67. The molecule has 2 unspecified atom stereocenters. The number of aliphatic hydroxyl groups excluding tert-OH is 4. The van der Waals surface area contributed by atoms with Crippen LogP contribution in [-0.4, -0.2) is 105 Å². The lowest BCUT2D eigenvalue weighted by molar-refractivity contribution is -0.909. The fraction of sp³-hybridized carbons (Fsp3) is 0.733. The van der Waals surface area contributed by atoms with Crippen molar-refractivity contribution < 1.29 is 53.8 Å². The maximum Gasteiger partial charge on any atom is 0.432 e. The largest absolute Gasteiger partial charge is 0.432 e. The molecule has 0 aromatic heterocycles. The summed E-state index contributed by atoms with van der Waals surface area (Å²) in [4.78, 5) is 24.5. The highest BCUT2D eigenvalue weighted by atomic mass is 16.7. The van der Waals surface area contributed by atoms with E-state index in [0.717, 1.165) is 19.4 Å². The molecule has 3 aliphatic heterocycles. The van der Waals surface area contributed by atoms with Crippen molar-refractivity contribution in [3.8, 4) is 0 Å². The Morgan fingerprint density at radius 2 is 1.93 bits per heavy atom. The Balaban J connectivity index is 2.10. The van der Waals surface area contributed by atoms with E-state index >= 15 is 0 Å². The summed E-state index contributed by atoms with van der Waals surface area (Å²) in [5.41, 5.74) is 0. The van der Waals surface area contributed by atoms with Crippen LogP contribution < -0.4 is 5.32 Å². The Morgan fingerprint density at radius 3 is 2.44 bits per heavy atom. The lowest BCUT2D eigenvalue weighted by Crippen LogP contribution is -2.72. The molecule has 0 bridgehead atoms. The molecular formula is C15H23N2O10+. The zero-order valence-electron chi connectivity index (χ0n) is 14.5. The van der Waals surface area contributed by atoms with E-state index in [9.17, 15) is 35.1 Å². The van der Waals surface area contributed by atoms with Crippen LogP contribution in [0, 0.1) is 0 Å². The molecule has 6 N–H and O–H groups in total. The van der Waals surface area contributed by atoms with Gasteiger partial charge in [0.25, 0.3) is 17.9 Å². The van der Waals surface area contributed by atoms with Gasteiger partial charge in [0.2, 0.25) is 6.23 Å². The lowest BCUT2D eigenvalue weighted by Gasteiger charge is -2.44. The van der Waals surface area contributed by atoms with Gasteiger partial charge in [-0.25, -0.2) is 10.1 Å². The highest BCUT2D eigenvalue weighted by Crippen LogP contribution is 2.43. The first kappa shape index (κ1) is 20.3. The van der Waals surface area contributed by atoms with Gasteiger partial charge in [-0.2, -0.15) is 4.48 Å². The first-order chi connectivity index (χ1) is 12.7. The van der Waals surface area contributed by atoms with E-state index in [0.29, 0.717) is 0 Å². The topological polar surface area (TPSA) is 175 Å². The van der Waals surface area contributed by atoms with Crippen molar-refractivity contribution in [1.29, 1.82) is 0 Å². The van der Waals surface area contributed by atoms with Crippen LogP contribution in [0.3, 0.4) is 0 Å². The van der Waals surface area contributed by atoms with Gasteiger partial charge in [-0.1, -0.05) is 0 Å². The van der Waals surface area contributed by atoms with Crippen molar-refractivity contribution in [3.05, 3.63) is 12.3 Å². The number of carbonyl (C=O) groups excluding carboxylic acids is 2. The SMILES string of the molecule is CO[C@]1(O)C([N+]2([C@H]3C[C@H](O)[C@@H](CO)O3)C=CC(=O)NC2=O)O[C@H](CO)[C@@H]1O. The predicted octanol–water partition coefficient (Wildman–Crippen LogP) is -3.55. The molecule has 2 fully saturated rings. The summed E-state index contributed by atoms with van der Waals surface area (Å²) in [6.07, 6.45) is -5.96. The smallest absolute Gasteiger partial charge is 0.394 e. The van der Waals surface area contributed by atoms with E-state index in [2.05, 4.69) is 5.32 Å². The quantitative estimate of drug-likeness (QED) is 0.203. The second-order valence-corrected chi connectivity index (χ2v) is 6.67. The van der Waals surface area contributed by atoms with Gasteiger partial charge in [0, 0.05) is 7.11 Å². The molecule has 3 amide bonds. The molecular weight excluding hydrogens is 368 g/mol. The van der Waals surface area contributed by atoms with Crippen LogP contribution in [-0.2, 0) is 19.0 Å². The summed E-state index contributed by atoms with van der Waals surface area (Å²) < 4.78 is 15.2. The fourth-order valence-electron chi connectivity index (χ4n) is 3.73. The normalized spacial score (nSPS) is 47.5. The third-order valence-corrected chi connectivity index (χ3v) is 5.24. The number of hydrogen-bond donors (Lipinski definition) is 6. The third-order valence-electron chi connectivity index (χ3n) is 5.24. The van der Waals surface area contributed by atoms with Crippen LogP contribution >= 0.6 is 0 Å². The predicted molar refractivity (Wildman–Crippen MR) is 83.0 cm³/mol. The molecule has 2 saturated heterocycles. The summed E-state index contributed by atoms with van der Waals surface area (Å²) in [6.45, 7) is -1.20. The summed E-state index contributed by atoms with van der Waals surface area (Å²) >= 11 is 0. The van der Waals surface area contributed by atoms with Gasteiger partial charge in [0.1, 0.15) is 24.5 Å². The number of urea groups is 1. The first-order valence-corrected chi connectivity index (χ1v) is 8.33. The van der Waals surface area contributed by atoms with Crippen LogP contribution in [0.15, 0.2) is 12.3 Å². The van der Waals surface area contributed by atoms with Crippen molar-refractivity contribution in [1.82, 2.24) is 5.32 Å². The number of aliphatic hydroxyl groups is 5. The molecule has 0 radical (unpaired) electrons. The number of quaternary nitrogens is 1. The standard InChI is InChI=1S/C15H22N2O10/c1-25-15(24)12(22)9(6-19)27-13(15)17(3-2-10(21)16-14(17)23)11-4-7(20)8(5-18)26-11/h2-3,7-9,11-13,18-20,22,24H,4-6H2,1H3/p+1/t7-,8+,9+,11+,12-,13?,15-,17?/m0/s1. The highest BCUT2D eigenvalue weighted by molar-refractivity contribution is 6.00. The maximum atomic E-state index is 12.9. The van der Waals surface area contributed by atoms with Gasteiger partial charge in [-0.3, -0.25) is 4.79 Å². The van der Waals surface area contributed by atoms with Crippen molar-refractivity contribution >= 4 is 11.9 Å². The first-order valence-electron chi connectivity index (χ1n) is 8.33. The molecule has 0 saturated carbocycles. The van der Waals surface area contributed by atoms with E-state index in [1.807, 2.05) is 0 Å². The van der Waals surface area contributed by atoms with E-state index in [-0.39, 0.29) is 6.42 Å². The number of nitrogens with zero attached hydrogens (tertiary/aromatic N) is 1. The second kappa shape index (κ2) is 7.16. The van der Waals surface area contributed by atoms with Crippen LogP contribution in [0.2, 0.25) is 0 Å². The number of amides is 3. The molecule has 0 aromatic rings. The monoisotopic (exact) mass is 391 g/mol. The van der Waals surface area contributed by atoms with Crippen LogP contribution in [0.1, 0.15) is 6.42 Å². The van der Waals surface area contributed by atoms with Gasteiger partial charge in [-0.15, -0.1) is 0 Å². The number of nitrogens with one attached hydrogen (secondary N) is 1. The molecule has 27 heavy (non-hydrogen) atoms. The zero-order valence-corrected chi connectivity index (χ0v) is 14.5. The Morgan fingerprint density at radius 1 is 1.26 bits per heavy atom. The van der Waals surface area contributed by atoms with Gasteiger partial charge >= 0.3 is 6.03 Å². The van der Waals surface area contributed by atoms with Gasteiger partial charge < -0.3 is 39.7 Å². The Bertz CT molecular complexity index is 644. The molecule has 3 rings (SSSR count). The average molecular weight is 391 g/mol. The molecule has 3 heterocycles. The number of ether oxygens (including phenoxy) is 3. The minimum Gasteiger partial charge on any atom is -0.394 e. The summed E-state index contributed by atoms with van der Waals surface area (Å²) in [5, 5.41) is 52.1. The minimum atomic E-state index is -2.44. The summed E-state index contributed by atoms with van der Waals surface area (Å²) in [7, 11) is 1.08. The fourth-order valence-corrected chi connectivity index (χ4v) is 3.73. The van der Waals surface area contributed by atoms with Crippen molar-refractivity contribution in [2.24, 2.45) is 0 Å². The number of methoxy groups -OCH3 is 1. The Hall–Kier alpha value is -1.48. The van der Waals surface area contributed by atoms with Crippen LogP contribution in [0.25, 0.3) is 0 Å². The van der Waals surface area contributed by atoms with Gasteiger partial charge in [0.15, 0.2) is 0 Å². The summed E-state index contributed by atoms with van der Waals surface area (Å²) in [5.74, 6) is -3.16. The molecule has 12 heteroatoms. The van der Waals surface area contributed by atoms with E-state index in [1.54, 1.807) is 0 Å². The van der Waals surface area contributed by atoms with E-state index in [1.165, 1.54) is 0 Å². The maximum absolute atomic E-state index is 12.9. The molecule has 0 aromatic carbocycles. The lowest BCUT2D eigenvalue weighted by atomic mass is 10.0. The van der Waals surface area contributed by atoms with E-state index in [4.69, 9.17) is 14.2 Å². The van der Waals surface area contributed by atoms with Gasteiger partial charge in [-0.05, 0) is 0 Å². The number of rotatable bonds is 5. The molecule has 12 nitrogen and oxygen atoms in total. The van der Waals surface area contributed by atoms with Crippen molar-refractivity contribution in [2.45, 2.75) is 49.1 Å². The Labute approximate surface area is 153 Å². The summed E-state index contributed by atoms with van der Waals surface area (Å²) in [6, 6.07) is -0.954. The van der Waals surface area contributed by atoms with Crippen LogP contribution in [0.4, 0.5) is 4.79 Å². The average Bonchev–Trinajstić information content (AvgIpc) is 3.15. The molecule has 0 spiro atoms. The zero-order chi connectivity index (χ0) is 20.0. The number of carbonyl (C=O) groups is 2. The van der Waals surface area contributed by atoms with Crippen molar-refractivity contribution in [2.75, 3.05) is 20.3 Å². The minimum absolute atomic E-state index is 0.142. The molecule has 152 valence electrons. The molecule has 8 atom stereocenters. The highest BCUT2D eigenvalue weighted by Gasteiger charge is 2.70. The van der Waals surface area contributed by atoms with Crippen molar-refractivity contribution in [3.63, 3.8) is 0 Å². The molecule has 3 aliphatic rings. The molecule has 0 aliphatic carbocycles. The van der Waals surface area contributed by atoms with Crippen LogP contribution in [0.5, 0.6) is 0 Å². The third kappa shape index (κ3) is 2.90. The Kier molecular flexibility index (Phi) is 5.37. The van der Waals surface area contributed by atoms with Gasteiger partial charge in [0.05, 0.1) is 31.8 Å².